The van der Waals surface area contributed by atoms with Gasteiger partial charge in [0.1, 0.15) is 40.2 Å². The minimum Gasteiger partial charge on any atom is -0.496 e. The lowest BCUT2D eigenvalue weighted by atomic mass is 9.87. The van der Waals surface area contributed by atoms with E-state index in [4.69, 9.17) is 15.5 Å². The normalized spacial score (nSPS) is 19.7. The van der Waals surface area contributed by atoms with Crippen LogP contribution in [0.3, 0.4) is 0 Å². The molecular formula is C30H29F4N7O3. The van der Waals surface area contributed by atoms with Crippen LogP contribution < -0.4 is 15.8 Å². The highest BCUT2D eigenvalue weighted by Gasteiger charge is 2.48. The highest BCUT2D eigenvalue weighted by atomic mass is 19.4. The van der Waals surface area contributed by atoms with E-state index in [-0.39, 0.29) is 52.1 Å². The SMILES string of the molecule is COc1cc(C(=O)Nc2cc(C(F)(F)F)ccn2)cc(F)c1-c1nc([C@@H]2CC[C@H]3CC(C)(C)C(=O)N3C2)n2ccnc(N)c12. The molecule has 3 aromatic heterocycles. The van der Waals surface area contributed by atoms with Crippen molar-refractivity contribution in [2.45, 2.75) is 51.2 Å². The van der Waals surface area contributed by atoms with Crippen LogP contribution in [0.2, 0.25) is 0 Å². The number of piperidine rings is 1. The van der Waals surface area contributed by atoms with Gasteiger partial charge in [0.25, 0.3) is 5.91 Å². The van der Waals surface area contributed by atoms with Crippen molar-refractivity contribution in [3.05, 3.63) is 65.6 Å². The topological polar surface area (TPSA) is 128 Å². The maximum absolute atomic E-state index is 15.9. The summed E-state index contributed by atoms with van der Waals surface area (Å²) < 4.78 is 62.5. The summed E-state index contributed by atoms with van der Waals surface area (Å²) in [4.78, 5) is 40.7. The number of anilines is 2. The number of carbonyl (C=O) groups is 2. The zero-order chi connectivity index (χ0) is 31.6. The van der Waals surface area contributed by atoms with Crippen LogP contribution in [0.1, 0.15) is 60.8 Å². The zero-order valence-electron chi connectivity index (χ0n) is 24.1. The third kappa shape index (κ3) is 4.97. The second-order valence-corrected chi connectivity index (χ2v) is 11.7. The number of aromatic nitrogens is 4. The number of nitrogens with zero attached hydrogens (tertiary/aromatic N) is 5. The van der Waals surface area contributed by atoms with E-state index in [1.54, 1.807) is 10.6 Å². The van der Waals surface area contributed by atoms with Gasteiger partial charge in [-0.2, -0.15) is 13.2 Å². The summed E-state index contributed by atoms with van der Waals surface area (Å²) in [6.45, 7) is 4.36. The molecule has 0 spiro atoms. The second-order valence-electron chi connectivity index (χ2n) is 11.7. The molecular weight excluding hydrogens is 582 g/mol. The van der Waals surface area contributed by atoms with Crippen LogP contribution >= 0.6 is 0 Å². The lowest BCUT2D eigenvalue weighted by Gasteiger charge is -2.34. The van der Waals surface area contributed by atoms with Gasteiger partial charge in [-0.1, -0.05) is 13.8 Å². The quantitative estimate of drug-likeness (QED) is 0.293. The third-order valence-corrected chi connectivity index (χ3v) is 8.37. The van der Waals surface area contributed by atoms with E-state index in [1.165, 1.54) is 19.4 Å². The Hall–Kier alpha value is -4.75. The number of ether oxygens (including phenoxy) is 1. The first-order valence-electron chi connectivity index (χ1n) is 13.9. The molecule has 4 aromatic rings. The van der Waals surface area contributed by atoms with Gasteiger partial charge in [-0.15, -0.1) is 0 Å². The minimum absolute atomic E-state index is 0.0536. The highest BCUT2D eigenvalue weighted by Crippen LogP contribution is 2.44. The molecule has 0 unspecified atom stereocenters. The molecule has 2 amide bonds. The predicted octanol–water partition coefficient (Wildman–Crippen LogP) is 5.30. The number of benzene rings is 1. The molecule has 1 aromatic carbocycles. The summed E-state index contributed by atoms with van der Waals surface area (Å²) >= 11 is 0. The van der Waals surface area contributed by atoms with Gasteiger partial charge in [0.15, 0.2) is 0 Å². The molecule has 0 bridgehead atoms. The van der Waals surface area contributed by atoms with Crippen molar-refractivity contribution in [3.63, 3.8) is 0 Å². The predicted molar refractivity (Wildman–Crippen MR) is 152 cm³/mol. The van der Waals surface area contributed by atoms with Crippen molar-refractivity contribution in [3.8, 4) is 17.0 Å². The Labute approximate surface area is 249 Å². The van der Waals surface area contributed by atoms with Crippen molar-refractivity contribution >= 4 is 29.0 Å². The number of nitrogens with one attached hydrogen (secondary N) is 1. The van der Waals surface area contributed by atoms with Crippen molar-refractivity contribution in [2.24, 2.45) is 5.41 Å². The molecule has 2 saturated heterocycles. The lowest BCUT2D eigenvalue weighted by Crippen LogP contribution is -2.42. The average molecular weight is 612 g/mol. The number of fused-ring (bicyclic) bond motifs is 2. The highest BCUT2D eigenvalue weighted by molar-refractivity contribution is 6.05. The van der Waals surface area contributed by atoms with E-state index < -0.39 is 28.9 Å². The standard InChI is InChI=1S/C30H29F4N7O3/c1-29(2)13-18-5-4-15(14-41(18)28(29)43)26-39-23(24-25(35)37-8-9-40(24)26)22-19(31)10-16(11-20(22)44-3)27(42)38-21-12-17(6-7-36-21)30(32,33)34/h6-12,15,18H,4-5,13-14H2,1-3H3,(H2,35,37)(H,36,38,42)/t15-,18+/m1/s1. The monoisotopic (exact) mass is 611 g/mol. The molecule has 0 aliphatic carbocycles. The van der Waals surface area contributed by atoms with Gasteiger partial charge in [-0.05, 0) is 43.5 Å². The van der Waals surface area contributed by atoms with Gasteiger partial charge in [-0.3, -0.25) is 14.0 Å². The average Bonchev–Trinajstić information content (AvgIpc) is 3.46. The Balaban J connectivity index is 1.37. The van der Waals surface area contributed by atoms with Crippen molar-refractivity contribution in [1.29, 1.82) is 0 Å². The Morgan fingerprint density at radius 3 is 2.66 bits per heavy atom. The summed E-state index contributed by atoms with van der Waals surface area (Å²) in [5, 5.41) is 2.27. The zero-order valence-corrected chi connectivity index (χ0v) is 24.1. The number of carbonyl (C=O) groups excluding carboxylic acids is 2. The third-order valence-electron chi connectivity index (χ3n) is 8.37. The fourth-order valence-electron chi connectivity index (χ4n) is 6.28. The molecule has 2 aliphatic rings. The number of alkyl halides is 3. The number of pyridine rings is 1. The second kappa shape index (κ2) is 10.5. The lowest BCUT2D eigenvalue weighted by molar-refractivity contribution is -0.138. The van der Waals surface area contributed by atoms with Gasteiger partial charge in [0.05, 0.1) is 18.2 Å². The number of imidazole rings is 1. The summed E-state index contributed by atoms with van der Waals surface area (Å²) in [7, 11) is 1.29. The van der Waals surface area contributed by atoms with Gasteiger partial charge in [0, 0.05) is 48.1 Å². The first kappa shape index (κ1) is 29.3. The number of nitrogens with two attached hydrogens (primary N) is 1. The largest absolute Gasteiger partial charge is 0.496 e. The van der Waals surface area contributed by atoms with E-state index >= 15 is 4.39 Å². The molecule has 2 atom stereocenters. The number of halogens is 4. The molecule has 230 valence electrons. The van der Waals surface area contributed by atoms with Crippen LogP contribution in [-0.4, -0.2) is 55.8 Å². The van der Waals surface area contributed by atoms with Crippen LogP contribution in [-0.2, 0) is 11.0 Å². The number of nitrogen functional groups attached to an aromatic ring is 1. The number of rotatable bonds is 5. The summed E-state index contributed by atoms with van der Waals surface area (Å²) in [6, 6.07) is 3.81. The molecule has 14 heteroatoms. The Bertz CT molecular complexity index is 1800. The van der Waals surface area contributed by atoms with Crippen LogP contribution in [0.5, 0.6) is 5.75 Å². The molecule has 5 heterocycles. The van der Waals surface area contributed by atoms with E-state index in [1.807, 2.05) is 18.7 Å². The molecule has 2 fully saturated rings. The summed E-state index contributed by atoms with van der Waals surface area (Å²) in [5.74, 6) is -1.57. The van der Waals surface area contributed by atoms with Gasteiger partial charge < -0.3 is 20.7 Å². The molecule has 3 N–H and O–H groups in total. The molecule has 6 rings (SSSR count). The van der Waals surface area contributed by atoms with Crippen LogP contribution in [0.4, 0.5) is 29.2 Å². The smallest absolute Gasteiger partial charge is 0.416 e. The minimum atomic E-state index is -4.64. The summed E-state index contributed by atoms with van der Waals surface area (Å²) in [5.41, 5.74) is 5.03. The Morgan fingerprint density at radius 2 is 1.93 bits per heavy atom. The van der Waals surface area contributed by atoms with Gasteiger partial charge in [0.2, 0.25) is 5.91 Å². The van der Waals surface area contributed by atoms with E-state index in [0.717, 1.165) is 37.6 Å². The maximum atomic E-state index is 15.9. The van der Waals surface area contributed by atoms with E-state index in [2.05, 4.69) is 15.3 Å². The molecule has 44 heavy (non-hydrogen) atoms. The molecule has 10 nitrogen and oxygen atoms in total. The molecule has 2 aliphatic heterocycles. The fourth-order valence-corrected chi connectivity index (χ4v) is 6.28. The number of amides is 2. The molecule has 0 saturated carbocycles. The van der Waals surface area contributed by atoms with Crippen LogP contribution in [0.15, 0.2) is 42.9 Å². The maximum Gasteiger partial charge on any atom is 0.416 e. The van der Waals surface area contributed by atoms with Crippen molar-refractivity contribution < 1.29 is 31.9 Å². The number of hydrogen-bond acceptors (Lipinski definition) is 7. The van der Waals surface area contributed by atoms with Crippen LogP contribution in [0, 0.1) is 11.2 Å². The van der Waals surface area contributed by atoms with E-state index in [0.29, 0.717) is 24.0 Å². The van der Waals surface area contributed by atoms with Gasteiger partial charge >= 0.3 is 6.18 Å². The Kier molecular flexibility index (Phi) is 6.97. The van der Waals surface area contributed by atoms with Crippen LogP contribution in [0.25, 0.3) is 16.8 Å². The first-order chi connectivity index (χ1) is 20.8. The van der Waals surface area contributed by atoms with Crippen molar-refractivity contribution in [2.75, 3.05) is 24.7 Å². The summed E-state index contributed by atoms with van der Waals surface area (Å²) in [6.07, 6.45) is 1.80. The first-order valence-corrected chi connectivity index (χ1v) is 13.9. The van der Waals surface area contributed by atoms with Gasteiger partial charge in [-0.25, -0.2) is 19.3 Å². The Morgan fingerprint density at radius 1 is 1.16 bits per heavy atom. The molecule has 0 radical (unpaired) electrons. The fraction of sp³-hybridized carbons (Fsp3) is 0.367. The number of hydrogen-bond donors (Lipinski definition) is 2. The van der Waals surface area contributed by atoms with E-state index in [9.17, 15) is 22.8 Å². The number of methoxy groups -OCH3 is 1. The van der Waals surface area contributed by atoms with Crippen molar-refractivity contribution in [1.82, 2.24) is 24.3 Å².